The largest absolute Gasteiger partial charge is 0.376 e. The Bertz CT molecular complexity index is 857. The molecule has 0 bridgehead atoms. The number of fused-ring (bicyclic) bond motifs is 1. The van der Waals surface area contributed by atoms with E-state index in [4.69, 9.17) is 21.1 Å². The number of carbonyl (C=O) groups excluding carboxylic acids is 1. The Balaban J connectivity index is 1.33. The van der Waals surface area contributed by atoms with E-state index in [0.717, 1.165) is 51.5 Å². The van der Waals surface area contributed by atoms with E-state index in [-0.39, 0.29) is 65.5 Å². The molecule has 2 aliphatic heterocycles. The number of carbonyl (C=O) groups is 1. The number of alkyl halides is 2. The molecule has 1 amide bonds. The van der Waals surface area contributed by atoms with E-state index in [2.05, 4.69) is 32.2 Å². The lowest BCUT2D eigenvalue weighted by molar-refractivity contribution is -0.124. The van der Waals surface area contributed by atoms with E-state index in [1.54, 1.807) is 0 Å². The number of amides is 1. The highest BCUT2D eigenvalue weighted by atomic mass is 35.5. The smallest absolute Gasteiger partial charge is 0.220 e. The van der Waals surface area contributed by atoms with Gasteiger partial charge in [-0.2, -0.15) is 5.26 Å². The van der Waals surface area contributed by atoms with Gasteiger partial charge in [0.2, 0.25) is 5.91 Å². The number of piperidine rings is 2. The highest BCUT2D eigenvalue weighted by Gasteiger charge is 2.47. The van der Waals surface area contributed by atoms with Crippen LogP contribution in [0.3, 0.4) is 0 Å². The molecule has 2 heterocycles. The van der Waals surface area contributed by atoms with Crippen molar-refractivity contribution in [2.45, 2.75) is 119 Å². The first kappa shape index (κ1) is 32.8. The van der Waals surface area contributed by atoms with Crippen LogP contribution >= 0.6 is 11.6 Å². The fraction of sp³-hybridized carbons (Fsp3) is 0.933. The summed E-state index contributed by atoms with van der Waals surface area (Å²) in [5.74, 6) is 0.119. The third-order valence-corrected chi connectivity index (χ3v) is 9.94. The second-order valence-electron chi connectivity index (χ2n) is 12.8. The Morgan fingerprint density at radius 1 is 1.10 bits per heavy atom. The quantitative estimate of drug-likeness (QED) is 0.253. The molecular formula is C30H52ClFN6O3. The molecule has 0 aromatic rings. The van der Waals surface area contributed by atoms with Crippen LogP contribution in [-0.2, 0) is 14.3 Å². The molecule has 11 heteroatoms. The summed E-state index contributed by atoms with van der Waals surface area (Å²) >= 11 is 6.85. The van der Waals surface area contributed by atoms with E-state index in [1.807, 2.05) is 21.0 Å². The Morgan fingerprint density at radius 2 is 1.93 bits per heavy atom. The van der Waals surface area contributed by atoms with Crippen molar-refractivity contribution in [3.05, 3.63) is 0 Å². The van der Waals surface area contributed by atoms with Crippen molar-refractivity contribution in [3.63, 3.8) is 0 Å². The molecule has 4 N–H and O–H groups in total. The minimum absolute atomic E-state index is 0.0131. The maximum Gasteiger partial charge on any atom is 0.220 e. The van der Waals surface area contributed by atoms with Gasteiger partial charge in [-0.15, -0.1) is 11.6 Å². The highest BCUT2D eigenvalue weighted by molar-refractivity contribution is 6.21. The lowest BCUT2D eigenvalue weighted by Gasteiger charge is -2.50. The summed E-state index contributed by atoms with van der Waals surface area (Å²) in [6.07, 6.45) is 6.05. The van der Waals surface area contributed by atoms with E-state index in [0.29, 0.717) is 39.1 Å². The first-order valence-corrected chi connectivity index (χ1v) is 16.3. The predicted octanol–water partition coefficient (Wildman–Crippen LogP) is 2.33. The summed E-state index contributed by atoms with van der Waals surface area (Å²) in [5, 5.41) is 24.0. The fourth-order valence-corrected chi connectivity index (χ4v) is 7.66. The lowest BCUT2D eigenvalue weighted by Crippen LogP contribution is -2.66. The van der Waals surface area contributed by atoms with Crippen LogP contribution in [0.4, 0.5) is 4.39 Å². The first-order chi connectivity index (χ1) is 19.8. The average Bonchev–Trinajstić information content (AvgIpc) is 2.94. The van der Waals surface area contributed by atoms with Gasteiger partial charge in [0.15, 0.2) is 0 Å². The van der Waals surface area contributed by atoms with Crippen molar-refractivity contribution in [1.29, 1.82) is 5.26 Å². The summed E-state index contributed by atoms with van der Waals surface area (Å²) in [7, 11) is 4.03. The van der Waals surface area contributed by atoms with Crippen LogP contribution < -0.4 is 21.3 Å². The van der Waals surface area contributed by atoms with Crippen molar-refractivity contribution < 1.29 is 18.7 Å². The molecule has 0 spiro atoms. The van der Waals surface area contributed by atoms with Crippen molar-refractivity contribution in [2.24, 2.45) is 11.8 Å². The number of halogens is 2. The molecule has 0 aromatic heterocycles. The molecule has 2 saturated carbocycles. The number of hydrogen-bond donors (Lipinski definition) is 4. The minimum Gasteiger partial charge on any atom is -0.376 e. The molecule has 234 valence electrons. The summed E-state index contributed by atoms with van der Waals surface area (Å²) < 4.78 is 25.7. The summed E-state index contributed by atoms with van der Waals surface area (Å²) in [4.78, 5) is 14.9. The van der Waals surface area contributed by atoms with Gasteiger partial charge >= 0.3 is 0 Å². The zero-order valence-electron chi connectivity index (χ0n) is 25.1. The predicted molar refractivity (Wildman–Crippen MR) is 159 cm³/mol. The maximum absolute atomic E-state index is 13.4. The van der Waals surface area contributed by atoms with Crippen molar-refractivity contribution >= 4 is 17.5 Å². The third kappa shape index (κ3) is 9.46. The van der Waals surface area contributed by atoms with E-state index >= 15 is 0 Å². The molecule has 4 fully saturated rings. The topological polar surface area (TPSA) is 111 Å². The number of nitriles is 1. The highest BCUT2D eigenvalue weighted by Crippen LogP contribution is 2.36. The second-order valence-corrected chi connectivity index (χ2v) is 13.4. The Kier molecular flexibility index (Phi) is 12.9. The van der Waals surface area contributed by atoms with Crippen LogP contribution in [0.5, 0.6) is 0 Å². The van der Waals surface area contributed by atoms with Gasteiger partial charge in [0.25, 0.3) is 0 Å². The number of nitrogens with zero attached hydrogens (tertiary/aromatic N) is 2. The molecule has 0 aromatic carbocycles. The molecule has 4 aliphatic rings. The summed E-state index contributed by atoms with van der Waals surface area (Å²) in [6.45, 7) is 5.10. The van der Waals surface area contributed by atoms with Gasteiger partial charge in [-0.25, -0.2) is 4.39 Å². The first-order valence-electron chi connectivity index (χ1n) is 15.8. The Hall–Kier alpha value is -1.06. The SMILES string of the molecule is CCOC1CC2NCC(C#N)C(NC3CCC(OCC4CCC(F)CN4)C(Cl)C3)C2CC1NC(=O)CCCN(C)C. The lowest BCUT2D eigenvalue weighted by atomic mass is 9.69. The van der Waals surface area contributed by atoms with Gasteiger partial charge in [-0.3, -0.25) is 4.79 Å². The standard InChI is InChI=1S/C30H52ClFN6O3/c1-4-40-28-14-25-23(13-26(28)37-29(39)6-5-11-38(2)3)30(19(15-33)16-35-25)36-21-9-10-27(24(31)12-21)41-18-22-8-7-20(32)17-34-22/h19-28,30,34-36H,4-14,16-18H2,1-3H3,(H,37,39). The van der Waals surface area contributed by atoms with Crippen LogP contribution in [-0.4, -0.2) is 112 Å². The molecule has 41 heavy (non-hydrogen) atoms. The van der Waals surface area contributed by atoms with Gasteiger partial charge < -0.3 is 35.6 Å². The van der Waals surface area contributed by atoms with Crippen molar-refractivity contribution in [1.82, 2.24) is 26.2 Å². The molecule has 11 unspecified atom stereocenters. The van der Waals surface area contributed by atoms with Crippen LogP contribution in [0, 0.1) is 23.2 Å². The van der Waals surface area contributed by atoms with E-state index in [1.165, 1.54) is 0 Å². The zero-order chi connectivity index (χ0) is 29.4. The minimum atomic E-state index is -0.755. The normalized spacial score (nSPS) is 39.6. The number of hydrogen-bond acceptors (Lipinski definition) is 8. The van der Waals surface area contributed by atoms with Gasteiger partial charge in [0, 0.05) is 50.3 Å². The van der Waals surface area contributed by atoms with Crippen LogP contribution in [0.15, 0.2) is 0 Å². The van der Waals surface area contributed by atoms with Gasteiger partial charge in [0.1, 0.15) is 6.17 Å². The molecule has 2 saturated heterocycles. The van der Waals surface area contributed by atoms with Crippen molar-refractivity contribution in [3.8, 4) is 6.07 Å². The third-order valence-electron chi connectivity index (χ3n) is 9.48. The monoisotopic (exact) mass is 598 g/mol. The van der Waals surface area contributed by atoms with Crippen molar-refractivity contribution in [2.75, 3.05) is 46.9 Å². The van der Waals surface area contributed by atoms with Crippen LogP contribution in [0.25, 0.3) is 0 Å². The molecular weight excluding hydrogens is 547 g/mol. The molecule has 4 rings (SSSR count). The van der Waals surface area contributed by atoms with Gasteiger partial charge in [0.05, 0.1) is 42.2 Å². The Labute approximate surface area is 251 Å². The summed E-state index contributed by atoms with van der Waals surface area (Å²) in [5.41, 5.74) is 0. The molecule has 9 nitrogen and oxygen atoms in total. The van der Waals surface area contributed by atoms with Gasteiger partial charge in [-0.05, 0) is 84.8 Å². The molecule has 2 aliphatic carbocycles. The average molecular weight is 599 g/mol. The summed E-state index contributed by atoms with van der Waals surface area (Å²) in [6, 6.07) is 3.13. The number of ether oxygens (including phenoxy) is 2. The molecule has 11 atom stereocenters. The van der Waals surface area contributed by atoms with Gasteiger partial charge in [-0.1, -0.05) is 0 Å². The Morgan fingerprint density at radius 3 is 2.61 bits per heavy atom. The van der Waals surface area contributed by atoms with Crippen LogP contribution in [0.2, 0.25) is 0 Å². The van der Waals surface area contributed by atoms with E-state index in [9.17, 15) is 14.4 Å². The molecule has 0 radical (unpaired) electrons. The maximum atomic E-state index is 13.4. The van der Waals surface area contributed by atoms with E-state index < -0.39 is 6.17 Å². The fourth-order valence-electron chi connectivity index (χ4n) is 7.25. The number of rotatable bonds is 12. The zero-order valence-corrected chi connectivity index (χ0v) is 25.9. The second kappa shape index (κ2) is 16.1. The van der Waals surface area contributed by atoms with Crippen LogP contribution in [0.1, 0.15) is 64.7 Å². The number of nitrogens with one attached hydrogen (secondary N) is 4.